The quantitative estimate of drug-likeness (QED) is 0.497. The van der Waals surface area contributed by atoms with Gasteiger partial charge in [-0.25, -0.2) is 0 Å². The minimum Gasteiger partial charge on any atom is -0.389 e. The summed E-state index contributed by atoms with van der Waals surface area (Å²) in [5.74, 6) is 0. The van der Waals surface area contributed by atoms with Gasteiger partial charge in [0.1, 0.15) is 0 Å². The molecule has 3 heteroatoms. The molecule has 2 atom stereocenters. The van der Waals surface area contributed by atoms with Gasteiger partial charge < -0.3 is 9.84 Å². The molecule has 1 rings (SSSR count). The van der Waals surface area contributed by atoms with Crippen LogP contribution in [0.2, 0.25) is 0 Å². The molecule has 0 radical (unpaired) electrons. The Balaban J connectivity index is 1.97. The third-order valence-electron chi connectivity index (χ3n) is 2.71. The Morgan fingerprint density at radius 3 is 2.64 bits per heavy atom. The Bertz CT molecular complexity index is 171. The second-order valence-corrected chi connectivity index (χ2v) is 4.78. The number of aliphatic hydroxyl groups is 1. The van der Waals surface area contributed by atoms with Crippen molar-refractivity contribution in [2.45, 2.75) is 45.3 Å². The number of aliphatic hydroxyl groups excluding tert-OH is 1. The van der Waals surface area contributed by atoms with Crippen LogP contribution in [-0.4, -0.2) is 48.0 Å². The lowest BCUT2D eigenvalue weighted by Crippen LogP contribution is -2.27. The van der Waals surface area contributed by atoms with Gasteiger partial charge in [-0.2, -0.15) is 0 Å². The Labute approximate surface area is 87.1 Å². The molecule has 2 unspecified atom stereocenters. The van der Waals surface area contributed by atoms with Gasteiger partial charge in [0, 0.05) is 25.2 Å². The molecule has 0 aromatic rings. The van der Waals surface area contributed by atoms with E-state index in [0.717, 1.165) is 32.5 Å². The number of rotatable bonds is 7. The van der Waals surface area contributed by atoms with Crippen LogP contribution in [0.25, 0.3) is 0 Å². The number of hydrogen-bond donors (Lipinski definition) is 1. The molecule has 84 valence electrons. The van der Waals surface area contributed by atoms with Gasteiger partial charge in [0.25, 0.3) is 0 Å². The highest BCUT2D eigenvalue weighted by Crippen LogP contribution is 2.30. The molecule has 0 amide bonds. The molecule has 0 aromatic carbocycles. The molecule has 3 nitrogen and oxygen atoms in total. The van der Waals surface area contributed by atoms with Gasteiger partial charge in [0.05, 0.1) is 12.7 Å². The number of unbranched alkanes of at least 4 members (excludes halogenated alkanes) is 1. The van der Waals surface area contributed by atoms with Crippen molar-refractivity contribution < 1.29 is 9.84 Å². The Kier molecular flexibility index (Phi) is 4.35. The minimum atomic E-state index is -0.325. The lowest BCUT2D eigenvalue weighted by molar-refractivity contribution is 0.0267. The molecule has 1 aliphatic rings. The summed E-state index contributed by atoms with van der Waals surface area (Å²) in [5, 5.41) is 9.62. The first-order chi connectivity index (χ1) is 6.56. The standard InChI is InChI=1S/C11H23NO2/c1-4-5-6-14-8-10(13)7-12-9-11(12,2)3/h10,13H,4-9H2,1-3H3. The molecular formula is C11H23NO2. The molecule has 1 N–H and O–H groups in total. The van der Waals surface area contributed by atoms with Gasteiger partial charge in [0.15, 0.2) is 0 Å². The van der Waals surface area contributed by atoms with Crippen LogP contribution in [0.1, 0.15) is 33.6 Å². The lowest BCUT2D eigenvalue weighted by atomic mass is 10.2. The van der Waals surface area contributed by atoms with Crippen molar-refractivity contribution in [1.29, 1.82) is 0 Å². The lowest BCUT2D eigenvalue weighted by Gasteiger charge is -2.13. The van der Waals surface area contributed by atoms with E-state index in [1.54, 1.807) is 0 Å². The molecule has 1 heterocycles. The Morgan fingerprint density at radius 2 is 2.14 bits per heavy atom. The molecule has 0 bridgehead atoms. The van der Waals surface area contributed by atoms with E-state index in [0.29, 0.717) is 12.1 Å². The van der Waals surface area contributed by atoms with E-state index in [1.807, 2.05) is 0 Å². The van der Waals surface area contributed by atoms with E-state index < -0.39 is 0 Å². The molecule has 0 spiro atoms. The maximum absolute atomic E-state index is 9.62. The summed E-state index contributed by atoms with van der Waals surface area (Å²) in [5.41, 5.74) is 0.310. The first-order valence-electron chi connectivity index (χ1n) is 5.57. The van der Waals surface area contributed by atoms with Crippen molar-refractivity contribution in [2.24, 2.45) is 0 Å². The van der Waals surface area contributed by atoms with Crippen molar-refractivity contribution in [1.82, 2.24) is 4.90 Å². The van der Waals surface area contributed by atoms with E-state index in [2.05, 4.69) is 25.7 Å². The van der Waals surface area contributed by atoms with Crippen LogP contribution in [0.5, 0.6) is 0 Å². The Morgan fingerprint density at radius 1 is 1.50 bits per heavy atom. The fraction of sp³-hybridized carbons (Fsp3) is 1.00. The van der Waals surface area contributed by atoms with Crippen LogP contribution in [-0.2, 0) is 4.74 Å². The smallest absolute Gasteiger partial charge is 0.0900 e. The van der Waals surface area contributed by atoms with Crippen LogP contribution in [0.15, 0.2) is 0 Å². The summed E-state index contributed by atoms with van der Waals surface area (Å²) in [6.07, 6.45) is 1.91. The highest BCUT2D eigenvalue weighted by atomic mass is 16.5. The van der Waals surface area contributed by atoms with Crippen LogP contribution < -0.4 is 0 Å². The number of ether oxygens (including phenoxy) is 1. The van der Waals surface area contributed by atoms with Crippen molar-refractivity contribution in [3.63, 3.8) is 0 Å². The summed E-state index contributed by atoms with van der Waals surface area (Å²) >= 11 is 0. The monoisotopic (exact) mass is 201 g/mol. The third kappa shape index (κ3) is 3.95. The van der Waals surface area contributed by atoms with Crippen molar-refractivity contribution >= 4 is 0 Å². The molecule has 1 fully saturated rings. The summed E-state index contributed by atoms with van der Waals surface area (Å²) in [4.78, 5) is 2.26. The SMILES string of the molecule is CCCCOCC(O)CN1CC1(C)C. The molecule has 1 aliphatic heterocycles. The first kappa shape index (κ1) is 12.0. The summed E-state index contributed by atoms with van der Waals surface area (Å²) in [7, 11) is 0. The van der Waals surface area contributed by atoms with Gasteiger partial charge in [-0.3, -0.25) is 4.90 Å². The van der Waals surface area contributed by atoms with Gasteiger partial charge in [-0.1, -0.05) is 13.3 Å². The van der Waals surface area contributed by atoms with Crippen molar-refractivity contribution in [3.8, 4) is 0 Å². The van der Waals surface area contributed by atoms with Gasteiger partial charge in [-0.05, 0) is 20.3 Å². The summed E-state index contributed by atoms with van der Waals surface area (Å²) < 4.78 is 5.36. The average molecular weight is 201 g/mol. The highest BCUT2D eigenvalue weighted by Gasteiger charge is 2.43. The van der Waals surface area contributed by atoms with E-state index in [4.69, 9.17) is 4.74 Å². The van der Waals surface area contributed by atoms with E-state index in [1.165, 1.54) is 0 Å². The van der Waals surface area contributed by atoms with Crippen LogP contribution in [0.3, 0.4) is 0 Å². The normalized spacial score (nSPS) is 26.1. The Hall–Kier alpha value is -0.120. The summed E-state index contributed by atoms with van der Waals surface area (Å²) in [6.45, 7) is 9.62. The number of β-amino-alcohol motifs (C(OH)–C–C–N with tert-alkyl or cyclic N) is 1. The first-order valence-corrected chi connectivity index (χ1v) is 5.57. The van der Waals surface area contributed by atoms with Crippen LogP contribution in [0, 0.1) is 0 Å². The molecule has 0 aromatic heterocycles. The minimum absolute atomic E-state index is 0.310. The second kappa shape index (κ2) is 5.10. The van der Waals surface area contributed by atoms with Crippen molar-refractivity contribution in [2.75, 3.05) is 26.3 Å². The highest BCUT2D eigenvalue weighted by molar-refractivity contribution is 5.00. The maximum atomic E-state index is 9.62. The number of nitrogens with zero attached hydrogens (tertiary/aromatic N) is 1. The zero-order valence-corrected chi connectivity index (χ0v) is 9.62. The zero-order valence-electron chi connectivity index (χ0n) is 9.62. The number of hydrogen-bond acceptors (Lipinski definition) is 3. The van der Waals surface area contributed by atoms with Crippen molar-refractivity contribution in [3.05, 3.63) is 0 Å². The fourth-order valence-electron chi connectivity index (χ4n) is 1.52. The largest absolute Gasteiger partial charge is 0.389 e. The van der Waals surface area contributed by atoms with Gasteiger partial charge in [-0.15, -0.1) is 0 Å². The van der Waals surface area contributed by atoms with Gasteiger partial charge >= 0.3 is 0 Å². The molecule has 0 aliphatic carbocycles. The van der Waals surface area contributed by atoms with E-state index in [-0.39, 0.29) is 6.10 Å². The molecule has 0 saturated carbocycles. The fourth-order valence-corrected chi connectivity index (χ4v) is 1.52. The van der Waals surface area contributed by atoms with E-state index >= 15 is 0 Å². The van der Waals surface area contributed by atoms with E-state index in [9.17, 15) is 5.11 Å². The second-order valence-electron chi connectivity index (χ2n) is 4.78. The van der Waals surface area contributed by atoms with Crippen LogP contribution in [0.4, 0.5) is 0 Å². The predicted molar refractivity (Wildman–Crippen MR) is 57.4 cm³/mol. The molecule has 1 saturated heterocycles. The summed E-state index contributed by atoms with van der Waals surface area (Å²) in [6, 6.07) is 0. The average Bonchev–Trinajstić information content (AvgIpc) is 2.68. The maximum Gasteiger partial charge on any atom is 0.0900 e. The zero-order chi connectivity index (χ0) is 10.6. The molecular weight excluding hydrogens is 178 g/mol. The van der Waals surface area contributed by atoms with Gasteiger partial charge in [0.2, 0.25) is 0 Å². The topological polar surface area (TPSA) is 32.5 Å². The third-order valence-corrected chi connectivity index (χ3v) is 2.71. The predicted octanol–water partition coefficient (Wildman–Crippen LogP) is 1.26. The molecule has 14 heavy (non-hydrogen) atoms. The van der Waals surface area contributed by atoms with Crippen LogP contribution >= 0.6 is 0 Å².